The van der Waals surface area contributed by atoms with Crippen molar-refractivity contribution in [3.8, 4) is 10.6 Å². The fraction of sp³-hybridized carbons (Fsp3) is 0.480. The second-order valence-corrected chi connectivity index (χ2v) is 12.2. The molecular weight excluding hydrogens is 534 g/mol. The Hall–Kier alpha value is -2.44. The summed E-state index contributed by atoms with van der Waals surface area (Å²) in [5.41, 5.74) is -0.544. The lowest BCUT2D eigenvalue weighted by Gasteiger charge is -2.35. The molecule has 3 aromatic heterocycles. The summed E-state index contributed by atoms with van der Waals surface area (Å²) in [6.45, 7) is 4.81. The van der Waals surface area contributed by atoms with Gasteiger partial charge in [0.1, 0.15) is 16.5 Å². The molecule has 0 bridgehead atoms. The maximum atomic E-state index is 13.0. The predicted molar refractivity (Wildman–Crippen MR) is 144 cm³/mol. The summed E-state index contributed by atoms with van der Waals surface area (Å²) in [6, 6.07) is 2.45. The molecule has 0 amide bonds. The number of rotatable bonds is 8. The van der Waals surface area contributed by atoms with Gasteiger partial charge in [-0.3, -0.25) is 9.69 Å². The number of nitrogens with zero attached hydrogens (tertiary/aromatic N) is 5. The Morgan fingerprint density at radius 2 is 2.00 bits per heavy atom. The number of carboxylic acid groups (broad SMARTS) is 1. The quantitative estimate of drug-likeness (QED) is 0.391. The fourth-order valence-electron chi connectivity index (χ4n) is 4.80. The highest BCUT2D eigenvalue weighted by Gasteiger charge is 2.39. The smallest absolute Gasteiger partial charge is 0.335 e. The number of hydrogen-bond donors (Lipinski definition) is 2. The monoisotopic (exact) mass is 561 g/mol. The van der Waals surface area contributed by atoms with Crippen LogP contribution in [0.1, 0.15) is 53.0 Å². The highest BCUT2D eigenvalue weighted by molar-refractivity contribution is 7.15. The van der Waals surface area contributed by atoms with E-state index in [2.05, 4.69) is 21.8 Å². The van der Waals surface area contributed by atoms with Gasteiger partial charge < -0.3 is 15.1 Å². The van der Waals surface area contributed by atoms with Crippen molar-refractivity contribution in [3.63, 3.8) is 0 Å². The van der Waals surface area contributed by atoms with Gasteiger partial charge in [-0.2, -0.15) is 0 Å². The highest BCUT2D eigenvalue weighted by atomic mass is 35.5. The van der Waals surface area contributed by atoms with Crippen LogP contribution in [0.5, 0.6) is 0 Å². The van der Waals surface area contributed by atoms with Crippen LogP contribution in [0.2, 0.25) is 5.02 Å². The first-order valence-electron chi connectivity index (χ1n) is 12.2. The number of aliphatic carboxylic acids is 1. The molecule has 0 aromatic carbocycles. The van der Waals surface area contributed by atoms with E-state index in [9.17, 15) is 19.8 Å². The van der Waals surface area contributed by atoms with Crippen LogP contribution < -0.4 is 4.90 Å². The van der Waals surface area contributed by atoms with Crippen LogP contribution in [0, 0.1) is 0 Å². The van der Waals surface area contributed by atoms with Gasteiger partial charge in [0.2, 0.25) is 0 Å². The third-order valence-electron chi connectivity index (χ3n) is 7.13. The molecule has 0 radical (unpaired) electrons. The van der Waals surface area contributed by atoms with Crippen LogP contribution in [-0.2, 0) is 17.8 Å². The van der Waals surface area contributed by atoms with Gasteiger partial charge in [-0.15, -0.1) is 22.7 Å². The van der Waals surface area contributed by atoms with Crippen molar-refractivity contribution >= 4 is 51.8 Å². The van der Waals surface area contributed by atoms with E-state index in [4.69, 9.17) is 16.6 Å². The van der Waals surface area contributed by atoms with Crippen LogP contribution in [-0.4, -0.2) is 73.1 Å². The molecule has 2 fully saturated rings. The number of thiophene rings is 1. The molecule has 0 saturated carbocycles. The number of carboxylic acids is 1. The molecule has 2 aliphatic rings. The van der Waals surface area contributed by atoms with Gasteiger partial charge in [-0.1, -0.05) is 11.6 Å². The molecule has 5 rings (SSSR count). The van der Waals surface area contributed by atoms with Crippen LogP contribution in [0.3, 0.4) is 0 Å². The minimum Gasteiger partial charge on any atom is -0.479 e. The molecule has 9 nitrogen and oxygen atoms in total. The number of carbonyl (C=O) groups is 2. The molecule has 37 heavy (non-hydrogen) atoms. The molecule has 12 heteroatoms. The normalized spacial score (nSPS) is 19.9. The number of hydrogen-bond acceptors (Lipinski definition) is 10. The molecule has 196 valence electrons. The molecular formula is C25H28ClN5O4S2. The number of piperidine rings is 1. The molecule has 2 saturated heterocycles. The van der Waals surface area contributed by atoms with Crippen molar-refractivity contribution < 1.29 is 19.8 Å². The maximum absolute atomic E-state index is 13.0. The van der Waals surface area contributed by atoms with Gasteiger partial charge in [0.05, 0.1) is 34.4 Å². The van der Waals surface area contributed by atoms with Crippen LogP contribution >= 0.6 is 34.3 Å². The van der Waals surface area contributed by atoms with Gasteiger partial charge >= 0.3 is 5.97 Å². The fourth-order valence-corrected chi connectivity index (χ4v) is 7.06. The number of carbonyl (C=O) groups excluding carboxylic acids is 1. The van der Waals surface area contributed by atoms with E-state index in [1.807, 2.05) is 16.3 Å². The van der Waals surface area contributed by atoms with Gasteiger partial charge in [-0.25, -0.2) is 19.7 Å². The number of Topliss-reactive ketones (excluding diaryl/α,β-unsaturated/α-hetero) is 1. The summed E-state index contributed by atoms with van der Waals surface area (Å²) in [4.78, 5) is 44.3. The van der Waals surface area contributed by atoms with E-state index >= 15 is 0 Å². The van der Waals surface area contributed by atoms with E-state index in [0.717, 1.165) is 33.5 Å². The van der Waals surface area contributed by atoms with Crippen molar-refractivity contribution in [1.82, 2.24) is 19.9 Å². The Kier molecular flexibility index (Phi) is 7.60. The van der Waals surface area contributed by atoms with Gasteiger partial charge in [0, 0.05) is 48.8 Å². The second-order valence-electron chi connectivity index (χ2n) is 9.65. The van der Waals surface area contributed by atoms with E-state index in [-0.39, 0.29) is 30.7 Å². The summed E-state index contributed by atoms with van der Waals surface area (Å²) in [6.07, 6.45) is 5.70. The van der Waals surface area contributed by atoms with Crippen molar-refractivity contribution in [2.24, 2.45) is 0 Å². The Morgan fingerprint density at radius 3 is 2.59 bits per heavy atom. The minimum absolute atomic E-state index is 0.102. The lowest BCUT2D eigenvalue weighted by atomic mass is 9.92. The van der Waals surface area contributed by atoms with Gasteiger partial charge in [0.25, 0.3) is 0 Å². The largest absolute Gasteiger partial charge is 0.479 e. The summed E-state index contributed by atoms with van der Waals surface area (Å²) in [5, 5.41) is 22.6. The third-order valence-corrected chi connectivity index (χ3v) is 9.45. The number of ketones is 1. The zero-order chi connectivity index (χ0) is 26.2. The molecule has 0 spiro atoms. The summed E-state index contributed by atoms with van der Waals surface area (Å²) < 4.78 is 0. The zero-order valence-corrected chi connectivity index (χ0v) is 22.8. The average molecular weight is 562 g/mol. The Balaban J connectivity index is 1.28. The van der Waals surface area contributed by atoms with Crippen LogP contribution in [0.4, 0.5) is 5.82 Å². The average Bonchev–Trinajstić information content (AvgIpc) is 3.60. The lowest BCUT2D eigenvalue weighted by Crippen LogP contribution is -2.49. The topological polar surface area (TPSA) is 120 Å². The summed E-state index contributed by atoms with van der Waals surface area (Å²) >= 11 is 9.31. The molecule has 0 aliphatic carbocycles. The van der Waals surface area contributed by atoms with E-state index in [1.165, 1.54) is 25.2 Å². The predicted octanol–water partition coefficient (Wildman–Crippen LogP) is 4.14. The first kappa shape index (κ1) is 26.2. The first-order valence-corrected chi connectivity index (χ1v) is 14.3. The summed E-state index contributed by atoms with van der Waals surface area (Å²) in [7, 11) is 0. The van der Waals surface area contributed by atoms with Gasteiger partial charge in [-0.05, 0) is 32.4 Å². The molecule has 2 aliphatic heterocycles. The van der Waals surface area contributed by atoms with Crippen molar-refractivity contribution in [2.45, 2.75) is 57.2 Å². The van der Waals surface area contributed by atoms with E-state index < -0.39 is 11.6 Å². The van der Waals surface area contributed by atoms with Crippen LogP contribution in [0.25, 0.3) is 10.6 Å². The molecule has 5 heterocycles. The van der Waals surface area contributed by atoms with E-state index in [1.54, 1.807) is 22.7 Å². The zero-order valence-electron chi connectivity index (χ0n) is 20.4. The highest BCUT2D eigenvalue weighted by Crippen LogP contribution is 2.36. The standard InChI is InChI=1S/C25H28ClN5O4S2/c1-15-3-2-6-31(15)13-20-23(19-9-16(26)14-36-19)29-22(37-20)10-18(32)17-11-28-21(12-27-17)30-7-4-25(35,5-8-30)24(33)34/h9,11-12,14-15,35H,2-8,10,13H2,1H3,(H,33,34)/t15-/m1/s1. The van der Waals surface area contributed by atoms with Gasteiger partial charge in [0.15, 0.2) is 11.4 Å². The first-order chi connectivity index (χ1) is 17.7. The Morgan fingerprint density at radius 1 is 1.22 bits per heavy atom. The number of aliphatic hydroxyl groups is 1. The molecule has 2 N–H and O–H groups in total. The number of likely N-dealkylation sites (tertiary alicyclic amines) is 1. The summed E-state index contributed by atoms with van der Waals surface area (Å²) in [5.74, 6) is -0.814. The van der Waals surface area contributed by atoms with E-state index in [0.29, 0.717) is 30.0 Å². The number of halogens is 1. The maximum Gasteiger partial charge on any atom is 0.335 e. The molecule has 3 aromatic rings. The number of aromatic nitrogens is 3. The minimum atomic E-state index is -1.70. The third kappa shape index (κ3) is 5.70. The molecule has 1 atom stereocenters. The second kappa shape index (κ2) is 10.7. The van der Waals surface area contributed by atoms with Crippen molar-refractivity contribution in [3.05, 3.63) is 44.4 Å². The molecule has 0 unspecified atom stereocenters. The Bertz CT molecular complexity index is 1290. The SMILES string of the molecule is C[C@@H]1CCCN1Cc1sc(CC(=O)c2cnc(N3CCC(O)(C(=O)O)CC3)cn2)nc1-c1cc(Cl)cs1. The van der Waals surface area contributed by atoms with Crippen molar-refractivity contribution in [1.29, 1.82) is 0 Å². The van der Waals surface area contributed by atoms with Crippen molar-refractivity contribution in [2.75, 3.05) is 24.5 Å². The number of thiazole rings is 1. The number of anilines is 1. The Labute approximate surface area is 227 Å². The lowest BCUT2D eigenvalue weighted by molar-refractivity contribution is -0.160. The van der Waals surface area contributed by atoms with Crippen LogP contribution in [0.15, 0.2) is 23.8 Å².